The predicted octanol–water partition coefficient (Wildman–Crippen LogP) is 4.39. The number of carbonyl (C=O) groups excluding carboxylic acids is 2. The van der Waals surface area contributed by atoms with E-state index in [9.17, 15) is 9.59 Å². The highest BCUT2D eigenvalue weighted by molar-refractivity contribution is 6.03. The summed E-state index contributed by atoms with van der Waals surface area (Å²) in [5.74, 6) is 0.0890. The zero-order chi connectivity index (χ0) is 23.0. The minimum absolute atomic E-state index is 0.0494. The molecule has 1 aromatic carbocycles. The molecule has 1 saturated heterocycles. The molecule has 3 aromatic rings. The Hall–Kier alpha value is -3.74. The van der Waals surface area contributed by atoms with Gasteiger partial charge in [-0.3, -0.25) is 14.6 Å². The van der Waals surface area contributed by atoms with Crippen molar-refractivity contribution in [3.8, 4) is 5.75 Å². The topological polar surface area (TPSA) is 84.4 Å². The van der Waals surface area contributed by atoms with Crippen LogP contribution >= 0.6 is 0 Å². The number of carbonyl (C=O) groups is 2. The van der Waals surface area contributed by atoms with Crippen LogP contribution in [0.15, 0.2) is 67.1 Å². The van der Waals surface area contributed by atoms with E-state index in [1.807, 2.05) is 24.3 Å². The molecule has 1 aliphatic heterocycles. The summed E-state index contributed by atoms with van der Waals surface area (Å²) >= 11 is 0. The number of rotatable bonds is 9. The molecule has 1 aliphatic rings. The molecule has 33 heavy (non-hydrogen) atoms. The van der Waals surface area contributed by atoms with Gasteiger partial charge in [-0.1, -0.05) is 25.5 Å². The Bertz CT molecular complexity index is 1090. The Morgan fingerprint density at radius 1 is 1.09 bits per heavy atom. The number of nitrogens with one attached hydrogen (secondary N) is 1. The molecular weight excluding hydrogens is 416 g/mol. The Kier molecular flexibility index (Phi) is 7.29. The first-order valence-corrected chi connectivity index (χ1v) is 11.3. The van der Waals surface area contributed by atoms with Gasteiger partial charge < -0.3 is 15.0 Å². The van der Waals surface area contributed by atoms with E-state index in [-0.39, 0.29) is 18.2 Å². The number of aryl methyl sites for hydroxylation is 1. The highest BCUT2D eigenvalue weighted by atomic mass is 16.5. The second-order valence-corrected chi connectivity index (χ2v) is 8.16. The average Bonchev–Trinajstić information content (AvgIpc) is 3.25. The van der Waals surface area contributed by atoms with Gasteiger partial charge in [0.05, 0.1) is 5.92 Å². The lowest BCUT2D eigenvalue weighted by atomic mass is 10.1. The summed E-state index contributed by atoms with van der Waals surface area (Å²) in [5.41, 5.74) is 3.05. The molecule has 170 valence electrons. The molecule has 1 atom stereocenters. The lowest BCUT2D eigenvalue weighted by Crippen LogP contribution is -2.28. The van der Waals surface area contributed by atoms with E-state index in [4.69, 9.17) is 4.74 Å². The maximum Gasteiger partial charge on any atom is 0.231 e. The maximum atomic E-state index is 12.9. The van der Waals surface area contributed by atoms with Gasteiger partial charge in [0, 0.05) is 37.2 Å². The molecule has 3 heterocycles. The first-order valence-electron chi connectivity index (χ1n) is 11.3. The molecule has 7 heteroatoms. The molecule has 2 aromatic heterocycles. The highest BCUT2D eigenvalue weighted by Gasteiger charge is 2.35. The van der Waals surface area contributed by atoms with Crippen molar-refractivity contribution < 1.29 is 14.3 Å². The summed E-state index contributed by atoms with van der Waals surface area (Å²) in [5, 5.41) is 2.85. The fourth-order valence-corrected chi connectivity index (χ4v) is 3.82. The second-order valence-electron chi connectivity index (χ2n) is 8.16. The molecular formula is C26H28N4O3. The third kappa shape index (κ3) is 5.74. The largest absolute Gasteiger partial charge is 0.485 e. The average molecular weight is 445 g/mol. The number of pyridine rings is 2. The van der Waals surface area contributed by atoms with Crippen molar-refractivity contribution in [1.29, 1.82) is 0 Å². The van der Waals surface area contributed by atoms with Gasteiger partial charge >= 0.3 is 0 Å². The molecule has 1 N–H and O–H groups in total. The van der Waals surface area contributed by atoms with E-state index >= 15 is 0 Å². The van der Waals surface area contributed by atoms with Crippen LogP contribution in [0, 0.1) is 5.92 Å². The monoisotopic (exact) mass is 444 g/mol. The third-order valence-corrected chi connectivity index (χ3v) is 5.72. The molecule has 4 rings (SSSR count). The summed E-state index contributed by atoms with van der Waals surface area (Å²) in [6.45, 7) is 2.85. The lowest BCUT2D eigenvalue weighted by Gasteiger charge is -2.17. The molecule has 1 unspecified atom stereocenters. The van der Waals surface area contributed by atoms with E-state index in [1.54, 1.807) is 35.6 Å². The molecule has 0 aliphatic carbocycles. The van der Waals surface area contributed by atoms with Crippen molar-refractivity contribution in [2.75, 3.05) is 16.8 Å². The molecule has 0 spiro atoms. The van der Waals surface area contributed by atoms with E-state index in [2.05, 4.69) is 34.3 Å². The summed E-state index contributed by atoms with van der Waals surface area (Å²) < 4.78 is 5.86. The van der Waals surface area contributed by atoms with Crippen LogP contribution in [0.1, 0.15) is 37.3 Å². The number of ether oxygens (including phenoxy) is 1. The van der Waals surface area contributed by atoms with Crippen LogP contribution in [0.2, 0.25) is 0 Å². The summed E-state index contributed by atoms with van der Waals surface area (Å²) in [6.07, 6.45) is 8.50. The van der Waals surface area contributed by atoms with Crippen LogP contribution in [0.4, 0.5) is 11.5 Å². The van der Waals surface area contributed by atoms with Crippen molar-refractivity contribution in [3.63, 3.8) is 0 Å². The van der Waals surface area contributed by atoms with E-state index < -0.39 is 5.92 Å². The molecule has 0 bridgehead atoms. The fraction of sp³-hybridized carbons (Fsp3) is 0.308. The van der Waals surface area contributed by atoms with Crippen molar-refractivity contribution >= 4 is 23.3 Å². The molecule has 0 saturated carbocycles. The van der Waals surface area contributed by atoms with E-state index in [0.29, 0.717) is 24.7 Å². The minimum atomic E-state index is -0.452. The predicted molar refractivity (Wildman–Crippen MR) is 127 cm³/mol. The van der Waals surface area contributed by atoms with Gasteiger partial charge in [0.25, 0.3) is 0 Å². The fourth-order valence-electron chi connectivity index (χ4n) is 3.82. The first-order chi connectivity index (χ1) is 16.1. The molecule has 0 radical (unpaired) electrons. The minimum Gasteiger partial charge on any atom is -0.485 e. The van der Waals surface area contributed by atoms with Crippen LogP contribution in [-0.2, 0) is 22.6 Å². The third-order valence-electron chi connectivity index (χ3n) is 5.72. The lowest BCUT2D eigenvalue weighted by molar-refractivity contribution is -0.122. The molecule has 2 amide bonds. The highest BCUT2D eigenvalue weighted by Crippen LogP contribution is 2.28. The quantitative estimate of drug-likeness (QED) is 0.529. The second kappa shape index (κ2) is 10.7. The standard InChI is InChI=1S/C26H28N4O3/c1-2-3-5-19-7-9-22(10-8-19)30-17-21(16-24(30)31)26(32)29-25-23(6-4-13-28-25)33-18-20-11-14-27-15-12-20/h4,6-15,21H,2-3,5,16-18H2,1H3,(H,28,29,32). The number of hydrogen-bond acceptors (Lipinski definition) is 5. The number of anilines is 2. The van der Waals surface area contributed by atoms with Crippen LogP contribution in [0.25, 0.3) is 0 Å². The van der Waals surface area contributed by atoms with Crippen molar-refractivity contribution in [2.45, 2.75) is 39.2 Å². The van der Waals surface area contributed by atoms with Crippen LogP contribution in [-0.4, -0.2) is 28.3 Å². The van der Waals surface area contributed by atoms with Crippen LogP contribution < -0.4 is 15.0 Å². The number of nitrogens with zero attached hydrogens (tertiary/aromatic N) is 3. The number of unbranched alkanes of at least 4 members (excludes halogenated alkanes) is 1. The number of hydrogen-bond donors (Lipinski definition) is 1. The Morgan fingerprint density at radius 3 is 2.64 bits per heavy atom. The maximum absolute atomic E-state index is 12.9. The van der Waals surface area contributed by atoms with Gasteiger partial charge in [0.2, 0.25) is 11.8 Å². The first kappa shape index (κ1) is 22.5. The van der Waals surface area contributed by atoms with Crippen LogP contribution in [0.5, 0.6) is 5.75 Å². The van der Waals surface area contributed by atoms with Gasteiger partial charge in [0.1, 0.15) is 6.61 Å². The zero-order valence-corrected chi connectivity index (χ0v) is 18.7. The summed E-state index contributed by atoms with van der Waals surface area (Å²) in [7, 11) is 0. The smallest absolute Gasteiger partial charge is 0.231 e. The SMILES string of the molecule is CCCCc1ccc(N2CC(C(=O)Nc3ncccc3OCc3ccncc3)CC2=O)cc1. The van der Waals surface area contributed by atoms with Crippen molar-refractivity contribution in [1.82, 2.24) is 9.97 Å². The van der Waals surface area contributed by atoms with Gasteiger partial charge in [-0.25, -0.2) is 4.98 Å². The van der Waals surface area contributed by atoms with Gasteiger partial charge in [-0.05, 0) is 60.4 Å². The van der Waals surface area contributed by atoms with Crippen molar-refractivity contribution in [3.05, 3.63) is 78.2 Å². The summed E-state index contributed by atoms with van der Waals surface area (Å²) in [6, 6.07) is 15.3. The van der Waals surface area contributed by atoms with Gasteiger partial charge in [-0.2, -0.15) is 0 Å². The zero-order valence-electron chi connectivity index (χ0n) is 18.7. The Morgan fingerprint density at radius 2 is 1.88 bits per heavy atom. The van der Waals surface area contributed by atoms with Crippen molar-refractivity contribution in [2.24, 2.45) is 5.92 Å². The van der Waals surface area contributed by atoms with E-state index in [0.717, 1.165) is 30.5 Å². The number of amides is 2. The number of benzene rings is 1. The molecule has 1 fully saturated rings. The number of aromatic nitrogens is 2. The van der Waals surface area contributed by atoms with Gasteiger partial charge in [0.15, 0.2) is 11.6 Å². The van der Waals surface area contributed by atoms with E-state index in [1.165, 1.54) is 5.56 Å². The normalized spacial score (nSPS) is 15.5. The molecule has 7 nitrogen and oxygen atoms in total. The summed E-state index contributed by atoms with van der Waals surface area (Å²) in [4.78, 5) is 35.5. The Balaban J connectivity index is 1.38. The van der Waals surface area contributed by atoms with Gasteiger partial charge in [-0.15, -0.1) is 0 Å². The van der Waals surface area contributed by atoms with Crippen LogP contribution in [0.3, 0.4) is 0 Å². The Labute approximate surface area is 193 Å².